The molecule has 9 nitrogen and oxygen atoms in total. The van der Waals surface area contributed by atoms with Crippen molar-refractivity contribution < 1.29 is 23.9 Å². The molecule has 2 heterocycles. The number of nitrogens with zero attached hydrogens (tertiary/aromatic N) is 3. The number of ether oxygens (including phenoxy) is 2. The van der Waals surface area contributed by atoms with E-state index in [4.69, 9.17) is 21.7 Å². The number of amides is 3. The second kappa shape index (κ2) is 9.60. The first-order valence-electron chi connectivity index (χ1n) is 12.4. The summed E-state index contributed by atoms with van der Waals surface area (Å²) in [5.74, 6) is -0.477. The van der Waals surface area contributed by atoms with Gasteiger partial charge in [0.15, 0.2) is 0 Å². The second-order valence-corrected chi connectivity index (χ2v) is 10.1. The van der Waals surface area contributed by atoms with Crippen molar-refractivity contribution in [1.29, 1.82) is 0 Å². The third-order valence-electron chi connectivity index (χ3n) is 6.31. The van der Waals surface area contributed by atoms with Crippen LogP contribution in [-0.4, -0.2) is 45.4 Å². The van der Waals surface area contributed by atoms with Crippen LogP contribution < -0.4 is 10.2 Å². The summed E-state index contributed by atoms with van der Waals surface area (Å²) < 4.78 is 10.9. The highest BCUT2D eigenvalue weighted by molar-refractivity contribution is 7.80. The van der Waals surface area contributed by atoms with Gasteiger partial charge in [-0.3, -0.25) is 4.79 Å². The quantitative estimate of drug-likeness (QED) is 0.471. The van der Waals surface area contributed by atoms with Crippen LogP contribution in [0.25, 0.3) is 10.8 Å². The Labute approximate surface area is 225 Å². The molecule has 1 spiro atoms. The Bertz CT molecular complexity index is 1460. The fourth-order valence-corrected chi connectivity index (χ4v) is 5.13. The van der Waals surface area contributed by atoms with Crippen LogP contribution in [0.5, 0.6) is 0 Å². The first-order chi connectivity index (χ1) is 18.1. The summed E-state index contributed by atoms with van der Waals surface area (Å²) in [5.41, 5.74) is 0.125. The van der Waals surface area contributed by atoms with E-state index in [0.29, 0.717) is 11.3 Å². The summed E-state index contributed by atoms with van der Waals surface area (Å²) in [6.45, 7) is 6.95. The van der Waals surface area contributed by atoms with Gasteiger partial charge in [0, 0.05) is 5.56 Å². The number of para-hydroxylation sites is 1. The zero-order valence-electron chi connectivity index (χ0n) is 21.5. The third-order valence-corrected chi connectivity index (χ3v) is 6.59. The molecule has 1 unspecified atom stereocenters. The van der Waals surface area contributed by atoms with E-state index >= 15 is 0 Å². The van der Waals surface area contributed by atoms with Crippen molar-refractivity contribution in [1.82, 2.24) is 15.3 Å². The first kappa shape index (κ1) is 25.5. The molecule has 2 aliphatic heterocycles. The smallest absolute Gasteiger partial charge is 0.436 e. The molecule has 38 heavy (non-hydrogen) atoms. The van der Waals surface area contributed by atoms with E-state index in [1.165, 1.54) is 0 Å². The zero-order valence-corrected chi connectivity index (χ0v) is 22.3. The van der Waals surface area contributed by atoms with Gasteiger partial charge in [0.05, 0.1) is 24.4 Å². The third kappa shape index (κ3) is 4.10. The van der Waals surface area contributed by atoms with Crippen LogP contribution in [0.15, 0.2) is 66.7 Å². The van der Waals surface area contributed by atoms with E-state index in [9.17, 15) is 14.4 Å². The fourth-order valence-electron chi connectivity index (χ4n) is 4.82. The largest absolute Gasteiger partial charge is 0.445 e. The van der Waals surface area contributed by atoms with Crippen molar-refractivity contribution in [3.05, 3.63) is 77.9 Å². The lowest BCUT2D eigenvalue weighted by Gasteiger charge is -2.34. The van der Waals surface area contributed by atoms with Crippen molar-refractivity contribution in [3.8, 4) is 0 Å². The molecular weight excluding hydrogens is 504 g/mol. The lowest BCUT2D eigenvalue weighted by Crippen LogP contribution is -2.60. The molecule has 3 amide bonds. The summed E-state index contributed by atoms with van der Waals surface area (Å²) >= 11 is 5.49. The van der Waals surface area contributed by atoms with Gasteiger partial charge in [0.1, 0.15) is 0 Å². The minimum atomic E-state index is -1.83. The molecule has 1 atom stereocenters. The lowest BCUT2D eigenvalue weighted by atomic mass is 10.0. The summed E-state index contributed by atoms with van der Waals surface area (Å²) in [6, 6.07) is 21.1. The molecule has 0 bridgehead atoms. The number of hydrogen-bond donors (Lipinski definition) is 1. The predicted molar refractivity (Wildman–Crippen MR) is 146 cm³/mol. The van der Waals surface area contributed by atoms with Crippen LogP contribution >= 0.6 is 12.2 Å². The Morgan fingerprint density at radius 3 is 2.24 bits per heavy atom. The highest BCUT2D eigenvalue weighted by Crippen LogP contribution is 2.47. The second-order valence-electron chi connectivity index (χ2n) is 9.72. The number of hydrazine groups is 1. The number of carbonyl (C=O) groups is 3. The van der Waals surface area contributed by atoms with Crippen LogP contribution in [0, 0.1) is 0 Å². The van der Waals surface area contributed by atoms with E-state index in [0.717, 1.165) is 26.4 Å². The lowest BCUT2D eigenvalue weighted by molar-refractivity contribution is -0.134. The van der Waals surface area contributed by atoms with E-state index in [1.54, 1.807) is 50.8 Å². The minimum absolute atomic E-state index is 0.146. The van der Waals surface area contributed by atoms with Gasteiger partial charge in [0.2, 0.25) is 10.8 Å². The number of rotatable bonds is 4. The van der Waals surface area contributed by atoms with Gasteiger partial charge in [-0.05, 0) is 68.4 Å². The van der Waals surface area contributed by atoms with Gasteiger partial charge in [-0.1, -0.05) is 54.6 Å². The summed E-state index contributed by atoms with van der Waals surface area (Å²) in [6.07, 6.45) is -2.81. The highest BCUT2D eigenvalue weighted by Gasteiger charge is 2.65. The Morgan fingerprint density at radius 1 is 0.895 bits per heavy atom. The number of thiocarbonyl (C=S) groups is 1. The number of carbonyl (C=O) groups excluding carboxylic acids is 3. The SMILES string of the molecule is CC(C)OC(=O)N1C(=S)NC2(C(=O)N(Cc3ccc4ccccc4c3)c3ccccc32)N1C(=O)OC(C)C. The molecule has 10 heteroatoms. The topological polar surface area (TPSA) is 91.4 Å². The van der Waals surface area contributed by atoms with E-state index in [2.05, 4.69) is 5.32 Å². The van der Waals surface area contributed by atoms with Crippen LogP contribution in [0.1, 0.15) is 38.8 Å². The van der Waals surface area contributed by atoms with Crippen LogP contribution in [0.2, 0.25) is 0 Å². The summed E-state index contributed by atoms with van der Waals surface area (Å²) in [5, 5.41) is 6.78. The molecule has 0 aromatic heterocycles. The number of hydrogen-bond acceptors (Lipinski definition) is 6. The molecule has 1 N–H and O–H groups in total. The van der Waals surface area contributed by atoms with Gasteiger partial charge in [-0.25, -0.2) is 9.59 Å². The van der Waals surface area contributed by atoms with Crippen LogP contribution in [0.3, 0.4) is 0 Å². The monoisotopic (exact) mass is 532 g/mol. The Hall–Kier alpha value is -4.18. The summed E-state index contributed by atoms with van der Waals surface area (Å²) in [4.78, 5) is 42.6. The molecule has 0 saturated carbocycles. The number of fused-ring (bicyclic) bond motifs is 3. The zero-order chi connectivity index (χ0) is 27.2. The molecule has 2 aliphatic rings. The molecule has 3 aromatic carbocycles. The Morgan fingerprint density at radius 2 is 1.53 bits per heavy atom. The van der Waals surface area contributed by atoms with Crippen LogP contribution in [-0.2, 0) is 26.5 Å². The number of anilines is 1. The van der Waals surface area contributed by atoms with Crippen molar-refractivity contribution in [2.75, 3.05) is 4.90 Å². The van der Waals surface area contributed by atoms with Crippen molar-refractivity contribution >= 4 is 51.9 Å². The standard InChI is InChI=1S/C28H28N4O5S/c1-17(2)36-26(34)31-25(38)29-28(32(31)27(35)37-18(3)4)22-11-7-8-12-23(22)30(24(28)33)16-19-13-14-20-9-5-6-10-21(20)15-19/h5-15,17-18H,16H2,1-4H3,(H,29,38). The highest BCUT2D eigenvalue weighted by atomic mass is 32.1. The van der Waals surface area contributed by atoms with Crippen molar-refractivity contribution in [2.24, 2.45) is 0 Å². The van der Waals surface area contributed by atoms with Gasteiger partial charge in [-0.2, -0.15) is 10.0 Å². The van der Waals surface area contributed by atoms with Crippen LogP contribution in [0.4, 0.5) is 15.3 Å². The molecule has 5 rings (SSSR count). The summed E-state index contributed by atoms with van der Waals surface area (Å²) in [7, 11) is 0. The van der Waals surface area contributed by atoms with E-state index in [1.807, 2.05) is 48.5 Å². The molecular formula is C28H28N4O5S. The van der Waals surface area contributed by atoms with Crippen molar-refractivity contribution in [2.45, 2.75) is 52.1 Å². The Balaban J connectivity index is 1.61. The Kier molecular flexibility index (Phi) is 6.44. The van der Waals surface area contributed by atoms with E-state index < -0.39 is 36.0 Å². The maximum absolute atomic E-state index is 14.4. The van der Waals surface area contributed by atoms with E-state index in [-0.39, 0.29) is 11.7 Å². The van der Waals surface area contributed by atoms with Crippen molar-refractivity contribution in [3.63, 3.8) is 0 Å². The number of nitrogens with one attached hydrogen (secondary N) is 1. The molecule has 1 fully saturated rings. The predicted octanol–water partition coefficient (Wildman–Crippen LogP) is 5.04. The maximum atomic E-state index is 14.4. The molecule has 1 saturated heterocycles. The van der Waals surface area contributed by atoms with Gasteiger partial charge >= 0.3 is 12.2 Å². The first-order valence-corrected chi connectivity index (χ1v) is 12.8. The number of benzene rings is 3. The molecule has 0 radical (unpaired) electrons. The average molecular weight is 533 g/mol. The van der Waals surface area contributed by atoms with Gasteiger partial charge < -0.3 is 19.7 Å². The molecule has 3 aromatic rings. The molecule has 196 valence electrons. The fraction of sp³-hybridized carbons (Fsp3) is 0.286. The maximum Gasteiger partial charge on any atom is 0.436 e. The van der Waals surface area contributed by atoms with Gasteiger partial charge in [-0.15, -0.1) is 0 Å². The average Bonchev–Trinajstić information content (AvgIpc) is 3.30. The minimum Gasteiger partial charge on any atom is -0.445 e. The molecule has 0 aliphatic carbocycles. The van der Waals surface area contributed by atoms with Gasteiger partial charge in [0.25, 0.3) is 5.91 Å². The normalized spacial score (nSPS) is 18.5.